The monoisotopic (exact) mass is 542 g/mol. The second-order valence-electron chi connectivity index (χ2n) is 7.91. The molecule has 1 N–H and O–H groups in total. The maximum Gasteiger partial charge on any atom is 0.407 e. The Balaban J connectivity index is 2.01. The van der Waals surface area contributed by atoms with E-state index >= 15 is 0 Å². The number of nitrogens with zero attached hydrogens (tertiary/aromatic N) is 1. The van der Waals surface area contributed by atoms with Gasteiger partial charge in [-0.05, 0) is 45.0 Å². The molecule has 1 heterocycles. The number of halogens is 2. The highest BCUT2D eigenvalue weighted by atomic mass is 79.9. The first kappa shape index (κ1) is 23.3. The summed E-state index contributed by atoms with van der Waals surface area (Å²) in [6.45, 7) is 6.60. The normalized spacial score (nSPS) is 10.9. The van der Waals surface area contributed by atoms with Gasteiger partial charge in [0.1, 0.15) is 5.60 Å². The van der Waals surface area contributed by atoms with Crippen molar-refractivity contribution in [1.29, 1.82) is 0 Å². The molecule has 1 amide bonds. The number of rotatable bonds is 3. The first-order chi connectivity index (χ1) is 14.8. The number of benzene rings is 2. The zero-order chi connectivity index (χ0) is 22.4. The summed E-state index contributed by atoms with van der Waals surface area (Å²) in [5, 5.41) is 6.41. The largest absolute Gasteiger partial charge is 0.444 e. The van der Waals surface area contributed by atoms with Crippen LogP contribution in [0.4, 0.5) is 4.79 Å². The van der Waals surface area contributed by atoms with Crippen LogP contribution in [0.15, 0.2) is 36.4 Å². The first-order valence-corrected chi connectivity index (χ1v) is 12.2. The molecule has 0 radical (unpaired) electrons. The predicted molar refractivity (Wildman–Crippen MR) is 135 cm³/mol. The Bertz CT molecular complexity index is 1150. The fourth-order valence-corrected chi connectivity index (χ4v) is 3.63. The lowest BCUT2D eigenvalue weighted by molar-refractivity contribution is 0.0526. The zero-order valence-electron chi connectivity index (χ0n) is 17.8. The number of carbonyl (C=O) groups is 1. The first-order valence-electron chi connectivity index (χ1n) is 9.95. The van der Waals surface area contributed by atoms with Crippen LogP contribution in [0.3, 0.4) is 0 Å². The van der Waals surface area contributed by atoms with Gasteiger partial charge in [0.05, 0.1) is 21.7 Å². The van der Waals surface area contributed by atoms with Crippen LogP contribution in [0, 0.1) is 23.7 Å². The second-order valence-corrected chi connectivity index (χ2v) is 9.04. The lowest BCUT2D eigenvalue weighted by Crippen LogP contribution is -2.34. The number of ether oxygens (including phenoxy) is 1. The second kappa shape index (κ2) is 10.3. The Morgan fingerprint density at radius 1 is 0.968 bits per heavy atom. The van der Waals surface area contributed by atoms with Gasteiger partial charge >= 0.3 is 6.09 Å². The zero-order valence-corrected chi connectivity index (χ0v) is 21.0. The fraction of sp³-hybridized carbons (Fsp3) is 0.320. The van der Waals surface area contributed by atoms with Crippen molar-refractivity contribution >= 4 is 59.8 Å². The van der Waals surface area contributed by atoms with Crippen LogP contribution in [0.5, 0.6) is 0 Å². The van der Waals surface area contributed by atoms with E-state index in [1.165, 1.54) is 0 Å². The van der Waals surface area contributed by atoms with Gasteiger partial charge < -0.3 is 14.6 Å². The summed E-state index contributed by atoms with van der Waals surface area (Å²) in [4.78, 5) is 12.1. The fourth-order valence-electron chi connectivity index (χ4n) is 3.35. The lowest BCUT2D eigenvalue weighted by Gasteiger charge is -2.19. The number of carbonyl (C=O) groups excluding carboxylic acids is 1. The van der Waals surface area contributed by atoms with Crippen LogP contribution in [0.2, 0.25) is 0 Å². The number of hydrogen-bond donors (Lipinski definition) is 1. The van der Waals surface area contributed by atoms with Gasteiger partial charge in [-0.3, -0.25) is 0 Å². The van der Waals surface area contributed by atoms with Crippen LogP contribution >= 0.6 is 31.9 Å². The highest BCUT2D eigenvalue weighted by molar-refractivity contribution is 9.09. The quantitative estimate of drug-likeness (QED) is 0.334. The molecular formula is C25H24Br2N2O2. The molecule has 0 unspecified atom stereocenters. The number of alkyl halides is 2. The summed E-state index contributed by atoms with van der Waals surface area (Å²) >= 11 is 6.70. The van der Waals surface area contributed by atoms with E-state index in [1.807, 2.05) is 32.9 Å². The van der Waals surface area contributed by atoms with Crippen molar-refractivity contribution in [2.45, 2.75) is 32.9 Å². The summed E-state index contributed by atoms with van der Waals surface area (Å²) in [7, 11) is 0. The van der Waals surface area contributed by atoms with Gasteiger partial charge in [0.2, 0.25) is 0 Å². The molecule has 2 aromatic carbocycles. The van der Waals surface area contributed by atoms with Crippen molar-refractivity contribution in [3.8, 4) is 23.7 Å². The molecular weight excluding hydrogens is 520 g/mol. The Labute approximate surface area is 200 Å². The van der Waals surface area contributed by atoms with Crippen molar-refractivity contribution in [3.05, 3.63) is 47.5 Å². The molecule has 3 aromatic rings. The van der Waals surface area contributed by atoms with E-state index in [1.54, 1.807) is 0 Å². The minimum absolute atomic E-state index is 0.416. The number of alkyl carbamates (subject to hydrolysis) is 1. The van der Waals surface area contributed by atoms with Crippen molar-refractivity contribution in [2.75, 3.05) is 17.2 Å². The van der Waals surface area contributed by atoms with Gasteiger partial charge in [0.15, 0.2) is 0 Å². The van der Waals surface area contributed by atoms with E-state index in [0.717, 1.165) is 32.9 Å². The number of amides is 1. The summed E-state index contributed by atoms with van der Waals surface area (Å²) in [6, 6.07) is 12.5. The van der Waals surface area contributed by atoms with E-state index in [2.05, 4.69) is 89.7 Å². The molecule has 0 aliphatic rings. The Kier molecular flexibility index (Phi) is 7.70. The van der Waals surface area contributed by atoms with E-state index in [-0.39, 0.29) is 0 Å². The number of nitrogens with one attached hydrogen (secondary N) is 1. The predicted octanol–water partition coefficient (Wildman–Crippen LogP) is 5.81. The van der Waals surface area contributed by atoms with Crippen molar-refractivity contribution in [1.82, 2.24) is 9.88 Å². The molecule has 0 bridgehead atoms. The summed E-state index contributed by atoms with van der Waals surface area (Å²) in [6.07, 6.45) is -0.416. The van der Waals surface area contributed by atoms with Crippen LogP contribution in [-0.2, 0) is 11.3 Å². The molecule has 4 nitrogen and oxygen atoms in total. The molecule has 0 spiro atoms. The SMILES string of the molecule is CC(C)(C)OC(=O)NCCn1c2cc(C#CCBr)ccc2c2ccc(C#CCBr)cc21. The molecule has 0 saturated carbocycles. The third-order valence-corrected chi connectivity index (χ3v) is 5.03. The summed E-state index contributed by atoms with van der Waals surface area (Å²) < 4.78 is 7.56. The number of fused-ring (bicyclic) bond motifs is 3. The van der Waals surface area contributed by atoms with Crippen molar-refractivity contribution in [2.24, 2.45) is 0 Å². The lowest BCUT2D eigenvalue weighted by atomic mass is 10.1. The van der Waals surface area contributed by atoms with Crippen LogP contribution < -0.4 is 5.32 Å². The highest BCUT2D eigenvalue weighted by Gasteiger charge is 2.16. The van der Waals surface area contributed by atoms with Gasteiger partial charge in [-0.25, -0.2) is 4.79 Å². The van der Waals surface area contributed by atoms with Gasteiger partial charge in [-0.15, -0.1) is 0 Å². The van der Waals surface area contributed by atoms with Crippen LogP contribution in [0.1, 0.15) is 31.9 Å². The Hall–Kier alpha value is -2.41. The molecule has 31 heavy (non-hydrogen) atoms. The average molecular weight is 544 g/mol. The van der Waals surface area contributed by atoms with Gasteiger partial charge in [-0.1, -0.05) is 67.7 Å². The van der Waals surface area contributed by atoms with Crippen LogP contribution in [0.25, 0.3) is 21.8 Å². The molecule has 0 aliphatic heterocycles. The van der Waals surface area contributed by atoms with Crippen LogP contribution in [-0.4, -0.2) is 33.5 Å². The van der Waals surface area contributed by atoms with Crippen molar-refractivity contribution in [3.63, 3.8) is 0 Å². The standard InChI is InChI=1S/C25H24Br2N2O2/c1-25(2,3)31-24(30)28-14-15-29-22-16-18(6-4-12-26)8-10-20(22)21-11-9-19(7-5-13-27)17-23(21)29/h8-11,16-17H,12-15H2,1-3H3,(H,28,30). The minimum atomic E-state index is -0.525. The topological polar surface area (TPSA) is 43.3 Å². The van der Waals surface area contributed by atoms with E-state index in [0.29, 0.717) is 23.7 Å². The van der Waals surface area contributed by atoms with Gasteiger partial charge in [-0.2, -0.15) is 0 Å². The molecule has 0 saturated heterocycles. The Morgan fingerprint density at radius 3 is 1.94 bits per heavy atom. The van der Waals surface area contributed by atoms with Gasteiger partial charge in [0, 0.05) is 35.0 Å². The maximum absolute atomic E-state index is 12.1. The average Bonchev–Trinajstić information content (AvgIpc) is 3.02. The third kappa shape index (κ3) is 6.06. The molecule has 0 fully saturated rings. The van der Waals surface area contributed by atoms with E-state index < -0.39 is 11.7 Å². The highest BCUT2D eigenvalue weighted by Crippen LogP contribution is 2.30. The van der Waals surface area contributed by atoms with Crippen molar-refractivity contribution < 1.29 is 9.53 Å². The summed E-state index contributed by atoms with van der Waals surface area (Å²) in [5.41, 5.74) is 3.54. The smallest absolute Gasteiger partial charge is 0.407 e. The molecule has 0 atom stereocenters. The molecule has 0 aliphatic carbocycles. The molecule has 6 heteroatoms. The molecule has 3 rings (SSSR count). The maximum atomic E-state index is 12.1. The number of aromatic nitrogens is 1. The Morgan fingerprint density at radius 2 is 1.48 bits per heavy atom. The van der Waals surface area contributed by atoms with E-state index in [9.17, 15) is 4.79 Å². The molecule has 160 valence electrons. The number of hydrogen-bond acceptors (Lipinski definition) is 2. The third-order valence-electron chi connectivity index (χ3n) is 4.47. The van der Waals surface area contributed by atoms with E-state index in [4.69, 9.17) is 4.74 Å². The molecule has 1 aromatic heterocycles. The minimum Gasteiger partial charge on any atom is -0.444 e. The van der Waals surface area contributed by atoms with Gasteiger partial charge in [0.25, 0.3) is 0 Å². The summed E-state index contributed by atoms with van der Waals surface area (Å²) in [5.74, 6) is 12.5.